The fraction of sp³-hybridized carbons (Fsp3) is 0.0625. The van der Waals surface area contributed by atoms with Gasteiger partial charge in [-0.25, -0.2) is 4.79 Å². The highest BCUT2D eigenvalue weighted by molar-refractivity contribution is 6.08. The van der Waals surface area contributed by atoms with Gasteiger partial charge in [0.05, 0.1) is 0 Å². The van der Waals surface area contributed by atoms with Crippen LogP contribution in [0.25, 0.3) is 21.5 Å². The van der Waals surface area contributed by atoms with Gasteiger partial charge in [-0.05, 0) is 33.7 Å². The Morgan fingerprint density at radius 3 is 2.47 bits per heavy atom. The van der Waals surface area contributed by atoms with Crippen molar-refractivity contribution in [2.75, 3.05) is 12.4 Å². The average Bonchev–Trinajstić information content (AvgIpc) is 2.46. The van der Waals surface area contributed by atoms with E-state index in [-0.39, 0.29) is 6.03 Å². The molecule has 0 unspecified atom stereocenters. The van der Waals surface area contributed by atoms with Gasteiger partial charge in [-0.3, -0.25) is 0 Å². The molecule has 2 N–H and O–H groups in total. The number of fused-ring (bicyclic) bond motifs is 3. The summed E-state index contributed by atoms with van der Waals surface area (Å²) in [5.74, 6) is 0. The van der Waals surface area contributed by atoms with Crippen LogP contribution in [0.4, 0.5) is 10.5 Å². The van der Waals surface area contributed by atoms with Crippen LogP contribution in [0.1, 0.15) is 0 Å². The first kappa shape index (κ1) is 11.5. The van der Waals surface area contributed by atoms with Gasteiger partial charge in [0.2, 0.25) is 0 Å². The van der Waals surface area contributed by atoms with Crippen molar-refractivity contribution in [1.29, 1.82) is 0 Å². The third-order valence-corrected chi connectivity index (χ3v) is 3.23. The summed E-state index contributed by atoms with van der Waals surface area (Å²) >= 11 is 0. The molecule has 3 nitrogen and oxygen atoms in total. The van der Waals surface area contributed by atoms with Gasteiger partial charge in [0.15, 0.2) is 0 Å². The van der Waals surface area contributed by atoms with E-state index >= 15 is 0 Å². The summed E-state index contributed by atoms with van der Waals surface area (Å²) in [6, 6.07) is 18.2. The molecule has 0 atom stereocenters. The molecule has 0 heterocycles. The Morgan fingerprint density at radius 1 is 0.895 bits per heavy atom. The molecule has 0 aliphatic carbocycles. The van der Waals surface area contributed by atoms with Crippen LogP contribution in [-0.4, -0.2) is 13.1 Å². The number of nitrogens with one attached hydrogen (secondary N) is 2. The van der Waals surface area contributed by atoms with Gasteiger partial charge in [0.25, 0.3) is 0 Å². The van der Waals surface area contributed by atoms with Gasteiger partial charge in [-0.1, -0.05) is 42.5 Å². The van der Waals surface area contributed by atoms with Crippen LogP contribution < -0.4 is 10.6 Å². The van der Waals surface area contributed by atoms with E-state index in [2.05, 4.69) is 34.9 Å². The number of hydrogen-bond acceptors (Lipinski definition) is 1. The van der Waals surface area contributed by atoms with Crippen molar-refractivity contribution >= 4 is 33.3 Å². The summed E-state index contributed by atoms with van der Waals surface area (Å²) in [6.45, 7) is 0. The molecule has 0 saturated carbocycles. The summed E-state index contributed by atoms with van der Waals surface area (Å²) in [5.41, 5.74) is 0.794. The molecule has 0 radical (unpaired) electrons. The second-order valence-corrected chi connectivity index (χ2v) is 4.43. The molecule has 2 amide bonds. The first-order valence-electron chi connectivity index (χ1n) is 6.18. The van der Waals surface area contributed by atoms with Crippen LogP contribution in [0.5, 0.6) is 0 Å². The number of hydrogen-bond donors (Lipinski definition) is 2. The number of amides is 2. The Kier molecular flexibility index (Phi) is 2.80. The Morgan fingerprint density at radius 2 is 1.63 bits per heavy atom. The van der Waals surface area contributed by atoms with E-state index in [9.17, 15) is 4.79 Å². The number of anilines is 1. The number of benzene rings is 3. The van der Waals surface area contributed by atoms with Crippen molar-refractivity contribution in [2.24, 2.45) is 0 Å². The zero-order valence-corrected chi connectivity index (χ0v) is 10.6. The minimum Gasteiger partial charge on any atom is -0.341 e. The number of carbonyl (C=O) groups excluding carboxylic acids is 1. The van der Waals surface area contributed by atoms with Gasteiger partial charge in [0.1, 0.15) is 0 Å². The van der Waals surface area contributed by atoms with E-state index in [1.54, 1.807) is 7.05 Å². The van der Waals surface area contributed by atoms with E-state index in [1.807, 2.05) is 30.3 Å². The van der Waals surface area contributed by atoms with Crippen molar-refractivity contribution in [3.63, 3.8) is 0 Å². The minimum absolute atomic E-state index is 0.208. The molecule has 3 heteroatoms. The molecule has 0 aliphatic heterocycles. The van der Waals surface area contributed by atoms with Crippen LogP contribution in [0, 0.1) is 0 Å². The molecule has 94 valence electrons. The number of carbonyl (C=O) groups is 1. The first-order valence-corrected chi connectivity index (χ1v) is 6.18. The molecular weight excluding hydrogens is 236 g/mol. The van der Waals surface area contributed by atoms with Crippen molar-refractivity contribution in [3.05, 3.63) is 54.6 Å². The molecule has 0 saturated heterocycles. The highest BCUT2D eigenvalue weighted by Crippen LogP contribution is 2.27. The van der Waals surface area contributed by atoms with E-state index < -0.39 is 0 Å². The molecular formula is C16H14N2O. The Labute approximate surface area is 111 Å². The van der Waals surface area contributed by atoms with Crippen LogP contribution >= 0.6 is 0 Å². The first-order chi connectivity index (χ1) is 9.28. The Balaban J connectivity index is 2.14. The fourth-order valence-corrected chi connectivity index (χ4v) is 2.28. The molecule has 3 aromatic carbocycles. The summed E-state index contributed by atoms with van der Waals surface area (Å²) in [5, 5.41) is 10.1. The lowest BCUT2D eigenvalue weighted by Gasteiger charge is -2.08. The lowest BCUT2D eigenvalue weighted by Crippen LogP contribution is -2.24. The topological polar surface area (TPSA) is 41.1 Å². The number of urea groups is 1. The van der Waals surface area contributed by atoms with E-state index in [0.717, 1.165) is 11.1 Å². The van der Waals surface area contributed by atoms with Gasteiger partial charge in [-0.2, -0.15) is 0 Å². The lowest BCUT2D eigenvalue weighted by molar-refractivity contribution is 0.254. The van der Waals surface area contributed by atoms with Gasteiger partial charge in [0, 0.05) is 12.7 Å². The second-order valence-electron chi connectivity index (χ2n) is 4.43. The zero-order chi connectivity index (χ0) is 13.2. The summed E-state index contributed by atoms with van der Waals surface area (Å²) in [4.78, 5) is 11.3. The maximum atomic E-state index is 11.3. The fourth-order valence-electron chi connectivity index (χ4n) is 2.28. The summed E-state index contributed by atoms with van der Waals surface area (Å²) < 4.78 is 0. The third kappa shape index (κ3) is 2.10. The predicted molar refractivity (Wildman–Crippen MR) is 79.5 cm³/mol. The van der Waals surface area contributed by atoms with Crippen molar-refractivity contribution in [1.82, 2.24) is 5.32 Å². The highest BCUT2D eigenvalue weighted by atomic mass is 16.2. The van der Waals surface area contributed by atoms with Crippen molar-refractivity contribution < 1.29 is 4.79 Å². The lowest BCUT2D eigenvalue weighted by atomic mass is 10.0. The van der Waals surface area contributed by atoms with Crippen molar-refractivity contribution in [3.8, 4) is 0 Å². The maximum absolute atomic E-state index is 11.3. The largest absolute Gasteiger partial charge is 0.341 e. The monoisotopic (exact) mass is 250 g/mol. The maximum Gasteiger partial charge on any atom is 0.318 e. The quantitative estimate of drug-likeness (QED) is 0.634. The molecule has 0 bridgehead atoms. The second kappa shape index (κ2) is 4.61. The predicted octanol–water partition coefficient (Wildman–Crippen LogP) is 3.74. The van der Waals surface area contributed by atoms with E-state index in [0.29, 0.717) is 0 Å². The molecule has 0 aromatic heterocycles. The highest BCUT2D eigenvalue weighted by Gasteiger charge is 2.03. The SMILES string of the molecule is CNC(=O)Nc1ccc2c(ccc3ccccc32)c1. The van der Waals surface area contributed by atoms with Crippen LogP contribution in [0.15, 0.2) is 54.6 Å². The summed E-state index contributed by atoms with van der Waals surface area (Å²) in [6.07, 6.45) is 0. The Bertz CT molecular complexity index is 765. The van der Waals surface area contributed by atoms with E-state index in [4.69, 9.17) is 0 Å². The van der Waals surface area contributed by atoms with E-state index in [1.165, 1.54) is 16.2 Å². The van der Waals surface area contributed by atoms with Gasteiger partial charge >= 0.3 is 6.03 Å². The zero-order valence-electron chi connectivity index (χ0n) is 10.6. The molecule has 0 spiro atoms. The smallest absolute Gasteiger partial charge is 0.318 e. The number of rotatable bonds is 1. The molecule has 3 aromatic rings. The Hall–Kier alpha value is -2.55. The summed E-state index contributed by atoms with van der Waals surface area (Å²) in [7, 11) is 1.60. The normalized spacial score (nSPS) is 10.6. The molecule has 0 fully saturated rings. The third-order valence-electron chi connectivity index (χ3n) is 3.23. The van der Waals surface area contributed by atoms with Crippen LogP contribution in [0.3, 0.4) is 0 Å². The van der Waals surface area contributed by atoms with Crippen molar-refractivity contribution in [2.45, 2.75) is 0 Å². The van der Waals surface area contributed by atoms with Gasteiger partial charge in [-0.15, -0.1) is 0 Å². The van der Waals surface area contributed by atoms with Crippen LogP contribution in [-0.2, 0) is 0 Å². The molecule has 19 heavy (non-hydrogen) atoms. The molecule has 3 rings (SSSR count). The van der Waals surface area contributed by atoms with Crippen LogP contribution in [0.2, 0.25) is 0 Å². The average molecular weight is 250 g/mol. The minimum atomic E-state index is -0.208. The standard InChI is InChI=1S/C16H14N2O/c1-17-16(19)18-13-8-9-15-12(10-13)7-6-11-4-2-3-5-14(11)15/h2-10H,1H3,(H2,17,18,19). The van der Waals surface area contributed by atoms with Gasteiger partial charge < -0.3 is 10.6 Å². The molecule has 0 aliphatic rings.